The van der Waals surface area contributed by atoms with Crippen LogP contribution in [0.15, 0.2) is 84.9 Å². The molecule has 3 aromatic rings. The van der Waals surface area contributed by atoms with Gasteiger partial charge in [0, 0.05) is 31.9 Å². The van der Waals surface area contributed by atoms with Crippen LogP contribution in [0.25, 0.3) is 0 Å². The van der Waals surface area contributed by atoms with E-state index >= 15 is 0 Å². The van der Waals surface area contributed by atoms with Crippen molar-refractivity contribution in [1.29, 1.82) is 0 Å². The number of benzene rings is 3. The van der Waals surface area contributed by atoms with Gasteiger partial charge >= 0.3 is 0 Å². The second kappa shape index (κ2) is 9.07. The highest BCUT2D eigenvalue weighted by atomic mass is 15.3. The summed E-state index contributed by atoms with van der Waals surface area (Å²) in [7, 11) is 0. The molecular formula is C26H29N2. The van der Waals surface area contributed by atoms with Crippen molar-refractivity contribution in [2.45, 2.75) is 18.9 Å². The van der Waals surface area contributed by atoms with Gasteiger partial charge in [-0.2, -0.15) is 0 Å². The normalized spacial score (nSPS) is 15.1. The molecule has 28 heavy (non-hydrogen) atoms. The minimum Gasteiger partial charge on any atom is -0.369 e. The Hall–Kier alpha value is -2.58. The van der Waals surface area contributed by atoms with E-state index in [1.54, 1.807) is 0 Å². The minimum absolute atomic E-state index is 0.323. The van der Waals surface area contributed by atoms with E-state index in [-0.39, 0.29) is 0 Å². The highest BCUT2D eigenvalue weighted by Gasteiger charge is 2.26. The van der Waals surface area contributed by atoms with Gasteiger partial charge in [0.1, 0.15) is 0 Å². The predicted molar refractivity (Wildman–Crippen MR) is 119 cm³/mol. The van der Waals surface area contributed by atoms with Crippen LogP contribution in [0.3, 0.4) is 0 Å². The van der Waals surface area contributed by atoms with Gasteiger partial charge in [0.05, 0.1) is 6.04 Å². The largest absolute Gasteiger partial charge is 0.369 e. The van der Waals surface area contributed by atoms with Gasteiger partial charge in [0.25, 0.3) is 0 Å². The summed E-state index contributed by atoms with van der Waals surface area (Å²) in [5, 5.41) is 0. The lowest BCUT2D eigenvalue weighted by atomic mass is 9.96. The van der Waals surface area contributed by atoms with Crippen molar-refractivity contribution in [2.24, 2.45) is 0 Å². The van der Waals surface area contributed by atoms with E-state index in [4.69, 9.17) is 0 Å². The number of aryl methyl sites for hydroxylation is 1. The van der Waals surface area contributed by atoms with Crippen LogP contribution < -0.4 is 4.90 Å². The van der Waals surface area contributed by atoms with Gasteiger partial charge in [-0.3, -0.25) is 4.90 Å². The van der Waals surface area contributed by atoms with Crippen molar-refractivity contribution < 1.29 is 0 Å². The Bertz CT molecular complexity index is 795. The van der Waals surface area contributed by atoms with Crippen molar-refractivity contribution in [3.05, 3.63) is 109 Å². The van der Waals surface area contributed by atoms with Crippen LogP contribution in [-0.2, 0) is 6.42 Å². The third kappa shape index (κ3) is 4.28. The molecule has 1 radical (unpaired) electrons. The summed E-state index contributed by atoms with van der Waals surface area (Å²) in [6.45, 7) is 8.20. The average molecular weight is 370 g/mol. The zero-order valence-corrected chi connectivity index (χ0v) is 16.5. The molecule has 3 aromatic carbocycles. The first-order chi connectivity index (χ1) is 13.8. The average Bonchev–Trinajstić information content (AvgIpc) is 2.77. The summed E-state index contributed by atoms with van der Waals surface area (Å²) < 4.78 is 0. The molecule has 2 heteroatoms. The third-order valence-corrected chi connectivity index (χ3v) is 5.68. The van der Waals surface area contributed by atoms with Crippen LogP contribution in [-0.4, -0.2) is 31.1 Å². The molecule has 0 N–H and O–H groups in total. The van der Waals surface area contributed by atoms with E-state index in [1.807, 2.05) is 0 Å². The fourth-order valence-corrected chi connectivity index (χ4v) is 4.20. The Balaban J connectivity index is 1.49. The van der Waals surface area contributed by atoms with E-state index in [0.717, 1.165) is 39.0 Å². The molecule has 0 aromatic heterocycles. The molecule has 0 bridgehead atoms. The van der Waals surface area contributed by atoms with Crippen LogP contribution in [0.1, 0.15) is 29.2 Å². The molecule has 0 unspecified atom stereocenters. The maximum Gasteiger partial charge on any atom is 0.0603 e. The van der Waals surface area contributed by atoms with Crippen LogP contribution in [0, 0.1) is 6.92 Å². The molecule has 0 atom stereocenters. The monoisotopic (exact) mass is 369 g/mol. The second-order valence-corrected chi connectivity index (χ2v) is 7.52. The Kier molecular flexibility index (Phi) is 6.08. The van der Waals surface area contributed by atoms with Crippen LogP contribution >= 0.6 is 0 Å². The Morgan fingerprint density at radius 2 is 1.21 bits per heavy atom. The van der Waals surface area contributed by atoms with Gasteiger partial charge in [0.2, 0.25) is 0 Å². The highest BCUT2D eigenvalue weighted by Crippen LogP contribution is 2.30. The fourth-order valence-electron chi connectivity index (χ4n) is 4.20. The number of anilines is 1. The van der Waals surface area contributed by atoms with Gasteiger partial charge in [-0.15, -0.1) is 0 Å². The van der Waals surface area contributed by atoms with Crippen LogP contribution in [0.2, 0.25) is 0 Å². The number of hydrogen-bond acceptors (Lipinski definition) is 2. The smallest absolute Gasteiger partial charge is 0.0603 e. The number of piperazine rings is 1. The summed E-state index contributed by atoms with van der Waals surface area (Å²) in [6.07, 6.45) is 2.02. The van der Waals surface area contributed by atoms with Crippen molar-refractivity contribution in [1.82, 2.24) is 4.90 Å². The SMILES string of the molecule is [CH2]CCc1ccc(N2CCN(C(c3ccccc3)c3ccccc3)CC2)cc1. The zero-order chi connectivity index (χ0) is 19.2. The van der Waals surface area contributed by atoms with Crippen molar-refractivity contribution >= 4 is 5.69 Å². The number of nitrogens with zero attached hydrogens (tertiary/aromatic N) is 2. The van der Waals surface area contributed by atoms with Gasteiger partial charge in [-0.25, -0.2) is 0 Å². The van der Waals surface area contributed by atoms with Gasteiger partial charge in [-0.1, -0.05) is 79.7 Å². The third-order valence-electron chi connectivity index (χ3n) is 5.68. The minimum atomic E-state index is 0.323. The molecule has 2 nitrogen and oxygen atoms in total. The number of rotatable bonds is 6. The maximum atomic E-state index is 3.95. The summed E-state index contributed by atoms with van der Waals surface area (Å²) in [5.74, 6) is 0. The van der Waals surface area contributed by atoms with Crippen molar-refractivity contribution in [3.63, 3.8) is 0 Å². The molecular weight excluding hydrogens is 340 g/mol. The topological polar surface area (TPSA) is 6.48 Å². The lowest BCUT2D eigenvalue weighted by molar-refractivity contribution is 0.212. The summed E-state index contributed by atoms with van der Waals surface area (Å²) in [5.41, 5.74) is 5.47. The van der Waals surface area contributed by atoms with E-state index < -0.39 is 0 Å². The fraction of sp³-hybridized carbons (Fsp3) is 0.269. The summed E-state index contributed by atoms with van der Waals surface area (Å²) in [6, 6.07) is 31.2. The summed E-state index contributed by atoms with van der Waals surface area (Å²) in [4.78, 5) is 5.13. The van der Waals surface area contributed by atoms with Gasteiger partial charge in [-0.05, 0) is 41.7 Å². The summed E-state index contributed by atoms with van der Waals surface area (Å²) >= 11 is 0. The van der Waals surface area contributed by atoms with Gasteiger partial charge < -0.3 is 4.90 Å². The molecule has 1 aliphatic rings. The molecule has 0 aliphatic carbocycles. The standard InChI is InChI=1S/C26H29N2/c1-2-9-22-14-16-25(17-15-22)27-18-20-28(21-19-27)26(23-10-5-3-6-11-23)24-12-7-4-8-13-24/h3-8,10-17,26H,1-2,9,18-21H2. The molecule has 1 fully saturated rings. The first kappa shape index (κ1) is 18.8. The molecule has 0 spiro atoms. The van der Waals surface area contributed by atoms with E-state index in [9.17, 15) is 0 Å². The molecule has 1 heterocycles. The first-order valence-electron chi connectivity index (χ1n) is 10.3. The van der Waals surface area contributed by atoms with E-state index in [1.165, 1.54) is 22.4 Å². The predicted octanol–water partition coefficient (Wildman–Crippen LogP) is 5.36. The van der Waals surface area contributed by atoms with Crippen LogP contribution in [0.5, 0.6) is 0 Å². The van der Waals surface area contributed by atoms with Crippen molar-refractivity contribution in [3.8, 4) is 0 Å². The first-order valence-corrected chi connectivity index (χ1v) is 10.3. The second-order valence-electron chi connectivity index (χ2n) is 7.52. The molecule has 1 saturated heterocycles. The van der Waals surface area contributed by atoms with E-state index in [0.29, 0.717) is 6.04 Å². The molecule has 0 amide bonds. The molecule has 0 saturated carbocycles. The lowest BCUT2D eigenvalue weighted by Gasteiger charge is -2.40. The van der Waals surface area contributed by atoms with Crippen molar-refractivity contribution in [2.75, 3.05) is 31.1 Å². The Labute approximate surface area is 169 Å². The maximum absolute atomic E-state index is 3.95. The Morgan fingerprint density at radius 1 is 0.679 bits per heavy atom. The van der Waals surface area contributed by atoms with Crippen LogP contribution in [0.4, 0.5) is 5.69 Å². The quantitative estimate of drug-likeness (QED) is 0.577. The highest BCUT2D eigenvalue weighted by molar-refractivity contribution is 5.48. The van der Waals surface area contributed by atoms with Gasteiger partial charge in [0.15, 0.2) is 0 Å². The molecule has 1 aliphatic heterocycles. The zero-order valence-electron chi connectivity index (χ0n) is 16.5. The Morgan fingerprint density at radius 3 is 1.71 bits per heavy atom. The molecule has 4 rings (SSSR count). The molecule has 143 valence electrons. The number of hydrogen-bond donors (Lipinski definition) is 0. The van der Waals surface area contributed by atoms with E-state index in [2.05, 4.69) is 102 Å². The lowest BCUT2D eigenvalue weighted by Crippen LogP contribution is -2.48.